The third kappa shape index (κ3) is 1.46. The van der Waals surface area contributed by atoms with Crippen LogP contribution in [-0.2, 0) is 0 Å². The first kappa shape index (κ1) is 8.35. The third-order valence-corrected chi connectivity index (χ3v) is 2.15. The minimum absolute atomic E-state index is 0.0959. The summed E-state index contributed by atoms with van der Waals surface area (Å²) in [6.45, 7) is 0. The Morgan fingerprint density at radius 2 is 2.00 bits per heavy atom. The van der Waals surface area contributed by atoms with Crippen LogP contribution >= 0.6 is 0 Å². The molecule has 1 N–H and O–H groups in total. The van der Waals surface area contributed by atoms with Gasteiger partial charge in [0.15, 0.2) is 0 Å². The van der Waals surface area contributed by atoms with E-state index in [1.807, 2.05) is 24.3 Å². The van der Waals surface area contributed by atoms with Crippen molar-refractivity contribution in [2.45, 2.75) is 0 Å². The second kappa shape index (κ2) is 3.24. The van der Waals surface area contributed by atoms with E-state index in [-0.39, 0.29) is 4.60 Å². The monoisotopic (exact) mass is 238 g/mol. The Kier molecular flexibility index (Phi) is 2.08. The van der Waals surface area contributed by atoms with E-state index in [1.165, 1.54) is 6.33 Å². The van der Waals surface area contributed by atoms with Gasteiger partial charge in [0.1, 0.15) is 0 Å². The van der Waals surface area contributed by atoms with Gasteiger partial charge in [-0.05, 0) is 0 Å². The molecule has 0 unspecified atom stereocenters. The number of aliphatic hydroxyl groups is 1. The summed E-state index contributed by atoms with van der Waals surface area (Å²) >= 11 is 2.53. The van der Waals surface area contributed by atoms with Crippen molar-refractivity contribution in [2.75, 3.05) is 0 Å². The number of para-hydroxylation sites is 1. The van der Waals surface area contributed by atoms with E-state index in [2.05, 4.69) is 25.5 Å². The standard InChI is InChI=1S/C9H6N2OSe/c12-9(13)8-6-3-1-2-4-7(6)10-5-11-8/h1-5H,(H,12,13). The Morgan fingerprint density at radius 3 is 2.77 bits per heavy atom. The van der Waals surface area contributed by atoms with Crippen LogP contribution in [0.3, 0.4) is 0 Å². The normalized spacial score (nSPS) is 10.2. The summed E-state index contributed by atoms with van der Waals surface area (Å²) in [6.07, 6.45) is 1.44. The fraction of sp³-hybridized carbons (Fsp3) is 0. The van der Waals surface area contributed by atoms with Gasteiger partial charge in [0.05, 0.1) is 0 Å². The Labute approximate surface area is 82.8 Å². The van der Waals surface area contributed by atoms with Gasteiger partial charge in [0.2, 0.25) is 0 Å². The SMILES string of the molecule is OC(=[Se])c1ncnc2ccccc12. The van der Waals surface area contributed by atoms with Crippen LogP contribution in [0.25, 0.3) is 10.9 Å². The van der Waals surface area contributed by atoms with Gasteiger partial charge in [-0.25, -0.2) is 0 Å². The van der Waals surface area contributed by atoms with Crippen molar-refractivity contribution in [3.63, 3.8) is 0 Å². The van der Waals surface area contributed by atoms with Gasteiger partial charge in [-0.3, -0.25) is 0 Å². The summed E-state index contributed by atoms with van der Waals surface area (Å²) in [5.41, 5.74) is 1.37. The zero-order valence-electron chi connectivity index (χ0n) is 6.64. The fourth-order valence-corrected chi connectivity index (χ4v) is 1.52. The number of nitrogens with zero attached hydrogens (tertiary/aromatic N) is 2. The zero-order valence-corrected chi connectivity index (χ0v) is 8.35. The summed E-state index contributed by atoms with van der Waals surface area (Å²) < 4.78 is 0.0959. The number of aliphatic hydroxyl groups excluding tert-OH is 1. The average Bonchev–Trinajstić information content (AvgIpc) is 2.17. The summed E-state index contributed by atoms with van der Waals surface area (Å²) in [5, 5.41) is 10.1. The minimum atomic E-state index is 0.0959. The summed E-state index contributed by atoms with van der Waals surface area (Å²) in [5.74, 6) is 0. The van der Waals surface area contributed by atoms with E-state index >= 15 is 0 Å². The first-order chi connectivity index (χ1) is 6.29. The molecule has 0 amide bonds. The Hall–Kier alpha value is -1.25. The van der Waals surface area contributed by atoms with Gasteiger partial charge in [-0.15, -0.1) is 0 Å². The Morgan fingerprint density at radius 1 is 1.23 bits per heavy atom. The number of rotatable bonds is 1. The van der Waals surface area contributed by atoms with Gasteiger partial charge >= 0.3 is 82.4 Å². The molecule has 0 fully saturated rings. The molecule has 0 aliphatic rings. The van der Waals surface area contributed by atoms with Crippen LogP contribution in [0.5, 0.6) is 0 Å². The molecule has 0 aliphatic heterocycles. The van der Waals surface area contributed by atoms with Crippen molar-refractivity contribution in [1.82, 2.24) is 9.97 Å². The molecule has 0 saturated carbocycles. The van der Waals surface area contributed by atoms with Gasteiger partial charge in [0.25, 0.3) is 0 Å². The number of benzene rings is 1. The first-order valence-electron chi connectivity index (χ1n) is 3.72. The maximum atomic E-state index is 9.29. The number of hydrogen-bond donors (Lipinski definition) is 1. The van der Waals surface area contributed by atoms with Gasteiger partial charge in [-0.2, -0.15) is 0 Å². The molecule has 13 heavy (non-hydrogen) atoms. The molecular formula is C9H6N2OSe. The predicted molar refractivity (Wildman–Crippen MR) is 51.3 cm³/mol. The first-order valence-corrected chi connectivity index (χ1v) is 4.58. The van der Waals surface area contributed by atoms with Crippen molar-refractivity contribution in [3.8, 4) is 0 Å². The third-order valence-electron chi connectivity index (χ3n) is 1.75. The topological polar surface area (TPSA) is 46.0 Å². The van der Waals surface area contributed by atoms with E-state index < -0.39 is 0 Å². The summed E-state index contributed by atoms with van der Waals surface area (Å²) in [6, 6.07) is 7.54. The molecule has 64 valence electrons. The van der Waals surface area contributed by atoms with Crippen LogP contribution in [0.1, 0.15) is 5.69 Å². The molecule has 2 rings (SSSR count). The van der Waals surface area contributed by atoms with E-state index in [1.54, 1.807) is 0 Å². The van der Waals surface area contributed by atoms with Gasteiger partial charge in [0, 0.05) is 0 Å². The van der Waals surface area contributed by atoms with Gasteiger partial charge in [-0.1, -0.05) is 0 Å². The molecule has 3 nitrogen and oxygen atoms in total. The second-order valence-corrected chi connectivity index (χ2v) is 3.36. The molecule has 0 bridgehead atoms. The molecule has 4 heteroatoms. The predicted octanol–water partition coefficient (Wildman–Crippen LogP) is 0.649. The van der Waals surface area contributed by atoms with Crippen molar-refractivity contribution in [3.05, 3.63) is 36.3 Å². The molecule has 1 heterocycles. The van der Waals surface area contributed by atoms with Crippen LogP contribution in [0, 0.1) is 0 Å². The van der Waals surface area contributed by atoms with Crippen molar-refractivity contribution in [1.29, 1.82) is 0 Å². The second-order valence-electron chi connectivity index (χ2n) is 2.54. The number of fused-ring (bicyclic) bond motifs is 1. The molecule has 2 aromatic rings. The maximum absolute atomic E-state index is 9.29. The van der Waals surface area contributed by atoms with E-state index in [0.29, 0.717) is 5.69 Å². The van der Waals surface area contributed by atoms with Crippen molar-refractivity contribution >= 4 is 31.1 Å². The van der Waals surface area contributed by atoms with Crippen LogP contribution in [0.4, 0.5) is 0 Å². The molecule has 0 atom stereocenters. The molecular weight excluding hydrogens is 231 g/mol. The Balaban J connectivity index is 2.83. The van der Waals surface area contributed by atoms with E-state index in [0.717, 1.165) is 10.9 Å². The molecule has 0 radical (unpaired) electrons. The van der Waals surface area contributed by atoms with E-state index in [9.17, 15) is 5.11 Å². The van der Waals surface area contributed by atoms with Crippen LogP contribution < -0.4 is 0 Å². The zero-order chi connectivity index (χ0) is 9.26. The molecule has 0 aliphatic carbocycles. The number of aromatic nitrogens is 2. The quantitative estimate of drug-likeness (QED) is 0.740. The van der Waals surface area contributed by atoms with E-state index in [4.69, 9.17) is 0 Å². The van der Waals surface area contributed by atoms with Crippen molar-refractivity contribution in [2.24, 2.45) is 0 Å². The molecule has 0 saturated heterocycles. The molecule has 0 spiro atoms. The van der Waals surface area contributed by atoms with Crippen LogP contribution in [-0.4, -0.2) is 35.3 Å². The molecule has 1 aromatic carbocycles. The van der Waals surface area contributed by atoms with Crippen LogP contribution in [0.2, 0.25) is 0 Å². The fourth-order valence-electron chi connectivity index (χ4n) is 1.18. The summed E-state index contributed by atoms with van der Waals surface area (Å²) in [7, 11) is 0. The van der Waals surface area contributed by atoms with Crippen molar-refractivity contribution < 1.29 is 5.11 Å². The molecule has 1 aromatic heterocycles. The Bertz CT molecular complexity index is 465. The average molecular weight is 237 g/mol. The number of hydrogen-bond acceptors (Lipinski definition) is 3. The summed E-state index contributed by atoms with van der Waals surface area (Å²) in [4.78, 5) is 8.05. The van der Waals surface area contributed by atoms with Gasteiger partial charge < -0.3 is 0 Å². The van der Waals surface area contributed by atoms with Crippen LogP contribution in [0.15, 0.2) is 30.6 Å².